The molecule has 3 rings (SSSR count). The molecule has 0 heterocycles. The molecule has 0 aromatic heterocycles. The first-order chi connectivity index (χ1) is 8.83. The molecule has 0 saturated heterocycles. The summed E-state index contributed by atoms with van der Waals surface area (Å²) in [6.45, 7) is 0. The molecule has 1 nitrogen and oxygen atoms in total. The van der Waals surface area contributed by atoms with Crippen molar-refractivity contribution in [2.75, 3.05) is 0 Å². The van der Waals surface area contributed by atoms with Gasteiger partial charge in [-0.2, -0.15) is 0 Å². The van der Waals surface area contributed by atoms with E-state index in [1.165, 1.54) is 35.6 Å². The van der Waals surface area contributed by atoms with Gasteiger partial charge in [-0.1, -0.05) is 55.3 Å². The first-order valence-corrected chi connectivity index (χ1v) is 6.97. The van der Waals surface area contributed by atoms with E-state index >= 15 is 0 Å². The highest BCUT2D eigenvalue weighted by atomic mass is 16.3. The van der Waals surface area contributed by atoms with E-state index in [2.05, 4.69) is 42.5 Å². The molecule has 1 saturated carbocycles. The average molecular weight is 240 g/mol. The number of aliphatic hydroxyl groups excluding tert-OH is 1. The average Bonchev–Trinajstić information content (AvgIpc) is 3.21. The van der Waals surface area contributed by atoms with Crippen LogP contribution in [0, 0.1) is 5.92 Å². The summed E-state index contributed by atoms with van der Waals surface area (Å²) in [4.78, 5) is 0. The summed E-state index contributed by atoms with van der Waals surface area (Å²) >= 11 is 0. The predicted molar refractivity (Wildman–Crippen MR) is 75.6 cm³/mol. The normalized spacial score (nSPS) is 16.9. The van der Waals surface area contributed by atoms with Gasteiger partial charge >= 0.3 is 0 Å². The molecule has 1 N–H and O–H groups in total. The fraction of sp³-hybridized carbons (Fsp3) is 0.412. The van der Waals surface area contributed by atoms with Crippen LogP contribution >= 0.6 is 0 Å². The monoisotopic (exact) mass is 240 g/mol. The van der Waals surface area contributed by atoms with Crippen molar-refractivity contribution in [1.82, 2.24) is 0 Å². The predicted octanol–water partition coefficient (Wildman–Crippen LogP) is 3.93. The van der Waals surface area contributed by atoms with Crippen LogP contribution in [0.1, 0.15) is 31.2 Å². The van der Waals surface area contributed by atoms with E-state index in [-0.39, 0.29) is 6.10 Å². The fourth-order valence-electron chi connectivity index (χ4n) is 2.66. The number of aliphatic hydroxyl groups is 1. The Balaban J connectivity index is 1.72. The third-order valence-electron chi connectivity index (χ3n) is 3.94. The largest absolute Gasteiger partial charge is 0.393 e. The molecule has 1 atom stereocenters. The Labute approximate surface area is 108 Å². The third-order valence-corrected chi connectivity index (χ3v) is 3.94. The van der Waals surface area contributed by atoms with Gasteiger partial charge in [-0.05, 0) is 41.5 Å². The second kappa shape index (κ2) is 5.11. The maximum Gasteiger partial charge on any atom is 0.0580 e. The highest BCUT2D eigenvalue weighted by molar-refractivity contribution is 5.85. The molecule has 0 aliphatic heterocycles. The lowest BCUT2D eigenvalue weighted by Gasteiger charge is -2.12. The molecule has 0 bridgehead atoms. The number of hydrogen-bond donors (Lipinski definition) is 1. The van der Waals surface area contributed by atoms with Crippen LogP contribution in [0.2, 0.25) is 0 Å². The first-order valence-electron chi connectivity index (χ1n) is 6.97. The zero-order valence-corrected chi connectivity index (χ0v) is 10.7. The number of benzene rings is 2. The van der Waals surface area contributed by atoms with Crippen molar-refractivity contribution in [3.05, 3.63) is 48.0 Å². The summed E-state index contributed by atoms with van der Waals surface area (Å²) in [6.07, 6.45) is 5.51. The Hall–Kier alpha value is -1.34. The van der Waals surface area contributed by atoms with Crippen LogP contribution in [0.3, 0.4) is 0 Å². The van der Waals surface area contributed by atoms with Crippen LogP contribution in [-0.2, 0) is 6.42 Å². The minimum atomic E-state index is -0.184. The molecule has 2 aromatic carbocycles. The van der Waals surface area contributed by atoms with Crippen molar-refractivity contribution in [2.24, 2.45) is 5.92 Å². The summed E-state index contributed by atoms with van der Waals surface area (Å²) < 4.78 is 0. The molecule has 1 unspecified atom stereocenters. The van der Waals surface area contributed by atoms with Gasteiger partial charge in [-0.3, -0.25) is 0 Å². The van der Waals surface area contributed by atoms with Gasteiger partial charge < -0.3 is 5.11 Å². The molecule has 94 valence electrons. The Morgan fingerprint density at radius 2 is 1.83 bits per heavy atom. The first kappa shape index (κ1) is 11.7. The lowest BCUT2D eigenvalue weighted by Crippen LogP contribution is -2.10. The SMILES string of the molecule is OC(CCC1CC1)Cc1cccc2ccccc12. The third kappa shape index (κ3) is 2.73. The van der Waals surface area contributed by atoms with E-state index in [4.69, 9.17) is 0 Å². The van der Waals surface area contributed by atoms with Gasteiger partial charge in [0.15, 0.2) is 0 Å². The van der Waals surface area contributed by atoms with Crippen molar-refractivity contribution in [2.45, 2.75) is 38.2 Å². The lowest BCUT2D eigenvalue weighted by molar-refractivity contribution is 0.160. The second-order valence-electron chi connectivity index (χ2n) is 5.52. The number of rotatable bonds is 5. The zero-order chi connectivity index (χ0) is 12.4. The second-order valence-corrected chi connectivity index (χ2v) is 5.52. The van der Waals surface area contributed by atoms with E-state index in [1.807, 2.05) is 0 Å². The topological polar surface area (TPSA) is 20.2 Å². The summed E-state index contributed by atoms with van der Waals surface area (Å²) in [5, 5.41) is 12.7. The Kier molecular flexibility index (Phi) is 3.33. The highest BCUT2D eigenvalue weighted by Crippen LogP contribution is 2.34. The molecule has 0 radical (unpaired) electrons. The molecular formula is C17H20O. The fourth-order valence-corrected chi connectivity index (χ4v) is 2.66. The van der Waals surface area contributed by atoms with Crippen LogP contribution in [0.4, 0.5) is 0 Å². The van der Waals surface area contributed by atoms with Gasteiger partial charge in [-0.25, -0.2) is 0 Å². The summed E-state index contributed by atoms with van der Waals surface area (Å²) in [5.74, 6) is 0.909. The minimum absolute atomic E-state index is 0.184. The lowest BCUT2D eigenvalue weighted by atomic mass is 9.97. The Morgan fingerprint density at radius 1 is 1.06 bits per heavy atom. The van der Waals surface area contributed by atoms with Gasteiger partial charge in [-0.15, -0.1) is 0 Å². The minimum Gasteiger partial charge on any atom is -0.393 e. The van der Waals surface area contributed by atoms with Crippen molar-refractivity contribution in [3.8, 4) is 0 Å². The van der Waals surface area contributed by atoms with Crippen LogP contribution in [0.5, 0.6) is 0 Å². The van der Waals surface area contributed by atoms with Crippen LogP contribution in [0.15, 0.2) is 42.5 Å². The van der Waals surface area contributed by atoms with E-state index in [0.717, 1.165) is 18.8 Å². The highest BCUT2D eigenvalue weighted by Gasteiger charge is 2.22. The quantitative estimate of drug-likeness (QED) is 0.839. The molecule has 1 heteroatoms. The van der Waals surface area contributed by atoms with Crippen molar-refractivity contribution >= 4 is 10.8 Å². The van der Waals surface area contributed by atoms with Crippen molar-refractivity contribution in [1.29, 1.82) is 0 Å². The molecule has 1 aliphatic rings. The van der Waals surface area contributed by atoms with E-state index in [0.29, 0.717) is 0 Å². The van der Waals surface area contributed by atoms with Gasteiger partial charge in [0.2, 0.25) is 0 Å². The molecular weight excluding hydrogens is 220 g/mol. The number of fused-ring (bicyclic) bond motifs is 1. The van der Waals surface area contributed by atoms with Crippen LogP contribution in [0.25, 0.3) is 10.8 Å². The van der Waals surface area contributed by atoms with E-state index in [1.54, 1.807) is 0 Å². The van der Waals surface area contributed by atoms with Crippen LogP contribution < -0.4 is 0 Å². The summed E-state index contributed by atoms with van der Waals surface area (Å²) in [6, 6.07) is 14.8. The molecule has 0 spiro atoms. The smallest absolute Gasteiger partial charge is 0.0580 e. The van der Waals surface area contributed by atoms with E-state index < -0.39 is 0 Å². The zero-order valence-electron chi connectivity index (χ0n) is 10.7. The molecule has 1 fully saturated rings. The molecule has 18 heavy (non-hydrogen) atoms. The standard InChI is InChI=1S/C17H20O/c18-16(11-10-13-8-9-13)12-15-6-3-5-14-4-1-2-7-17(14)15/h1-7,13,16,18H,8-12H2. The Morgan fingerprint density at radius 3 is 2.67 bits per heavy atom. The van der Waals surface area contributed by atoms with Crippen LogP contribution in [-0.4, -0.2) is 11.2 Å². The van der Waals surface area contributed by atoms with Crippen molar-refractivity contribution in [3.63, 3.8) is 0 Å². The summed E-state index contributed by atoms with van der Waals surface area (Å²) in [7, 11) is 0. The molecule has 2 aromatic rings. The molecule has 1 aliphatic carbocycles. The van der Waals surface area contributed by atoms with Crippen molar-refractivity contribution < 1.29 is 5.11 Å². The maximum atomic E-state index is 10.1. The summed E-state index contributed by atoms with van der Waals surface area (Å²) in [5.41, 5.74) is 1.27. The van der Waals surface area contributed by atoms with Gasteiger partial charge in [0.1, 0.15) is 0 Å². The Bertz CT molecular complexity index is 523. The maximum absolute atomic E-state index is 10.1. The van der Waals surface area contributed by atoms with E-state index in [9.17, 15) is 5.11 Å². The van der Waals surface area contributed by atoms with Gasteiger partial charge in [0.25, 0.3) is 0 Å². The number of hydrogen-bond acceptors (Lipinski definition) is 1. The van der Waals surface area contributed by atoms with Gasteiger partial charge in [0.05, 0.1) is 6.10 Å². The van der Waals surface area contributed by atoms with Gasteiger partial charge in [0, 0.05) is 0 Å². The molecule has 0 amide bonds.